The van der Waals surface area contributed by atoms with Crippen molar-refractivity contribution in [1.29, 1.82) is 0 Å². The third kappa shape index (κ3) is 3.97. The summed E-state index contributed by atoms with van der Waals surface area (Å²) in [6.07, 6.45) is 5.80. The lowest BCUT2D eigenvalue weighted by atomic mass is 10.1. The maximum Gasteiger partial charge on any atom is 0.255 e. The number of carbonyl (C=O) groups is 2. The Labute approximate surface area is 134 Å². The van der Waals surface area contributed by atoms with Gasteiger partial charge in [0.05, 0.1) is 18.3 Å². The van der Waals surface area contributed by atoms with Crippen molar-refractivity contribution in [2.75, 3.05) is 6.54 Å². The molecule has 0 saturated carbocycles. The summed E-state index contributed by atoms with van der Waals surface area (Å²) < 4.78 is 1.72. The van der Waals surface area contributed by atoms with E-state index in [2.05, 4.69) is 15.7 Å². The minimum Gasteiger partial charge on any atom is -0.354 e. The second-order valence-corrected chi connectivity index (χ2v) is 5.73. The number of hydrogen-bond donors (Lipinski definition) is 2. The molecule has 1 aliphatic heterocycles. The van der Waals surface area contributed by atoms with E-state index in [1.165, 1.54) is 6.20 Å². The number of amides is 2. The molecule has 2 heterocycles. The minimum absolute atomic E-state index is 0.104. The highest BCUT2D eigenvalue weighted by Crippen LogP contribution is 2.08. The SMILES string of the molecule is O=C(N[C@@H]1CCCCNC1=O)c1cnn(Cc2ccccc2)c1. The number of carbonyl (C=O) groups excluding carboxylic acids is 2. The van der Waals surface area contributed by atoms with Gasteiger partial charge in [0, 0.05) is 12.7 Å². The molecule has 1 atom stereocenters. The third-order valence-electron chi connectivity index (χ3n) is 3.92. The quantitative estimate of drug-likeness (QED) is 0.894. The summed E-state index contributed by atoms with van der Waals surface area (Å²) in [6, 6.07) is 9.47. The Morgan fingerprint density at radius 2 is 2.13 bits per heavy atom. The predicted octanol–water partition coefficient (Wildman–Crippen LogP) is 1.33. The van der Waals surface area contributed by atoms with E-state index in [0.29, 0.717) is 25.1 Å². The van der Waals surface area contributed by atoms with Crippen molar-refractivity contribution in [3.05, 3.63) is 53.9 Å². The molecule has 120 valence electrons. The summed E-state index contributed by atoms with van der Waals surface area (Å²) in [5.41, 5.74) is 1.59. The first kappa shape index (κ1) is 15.3. The molecule has 2 aromatic rings. The number of aromatic nitrogens is 2. The van der Waals surface area contributed by atoms with Gasteiger partial charge in [0.25, 0.3) is 5.91 Å². The smallest absolute Gasteiger partial charge is 0.255 e. The van der Waals surface area contributed by atoms with Gasteiger partial charge in [-0.25, -0.2) is 0 Å². The first-order valence-corrected chi connectivity index (χ1v) is 7.87. The van der Waals surface area contributed by atoms with Gasteiger partial charge in [-0.15, -0.1) is 0 Å². The zero-order valence-corrected chi connectivity index (χ0v) is 12.9. The van der Waals surface area contributed by atoms with Gasteiger partial charge < -0.3 is 10.6 Å². The first-order valence-electron chi connectivity index (χ1n) is 7.87. The van der Waals surface area contributed by atoms with Crippen LogP contribution in [0.15, 0.2) is 42.7 Å². The highest BCUT2D eigenvalue weighted by molar-refractivity contribution is 5.97. The van der Waals surface area contributed by atoms with Crippen molar-refractivity contribution >= 4 is 11.8 Å². The largest absolute Gasteiger partial charge is 0.354 e. The van der Waals surface area contributed by atoms with Crippen LogP contribution in [0.2, 0.25) is 0 Å². The van der Waals surface area contributed by atoms with Crippen LogP contribution in [0, 0.1) is 0 Å². The molecule has 1 aromatic carbocycles. The van der Waals surface area contributed by atoms with Gasteiger partial charge in [0.2, 0.25) is 5.91 Å². The molecule has 1 fully saturated rings. The molecule has 23 heavy (non-hydrogen) atoms. The molecule has 0 aliphatic carbocycles. The summed E-state index contributed by atoms with van der Waals surface area (Å²) >= 11 is 0. The Bertz CT molecular complexity index is 681. The molecule has 2 amide bonds. The minimum atomic E-state index is -0.456. The van der Waals surface area contributed by atoms with E-state index in [1.54, 1.807) is 10.9 Å². The monoisotopic (exact) mass is 312 g/mol. The highest BCUT2D eigenvalue weighted by Gasteiger charge is 2.23. The Morgan fingerprint density at radius 1 is 1.30 bits per heavy atom. The number of nitrogens with one attached hydrogen (secondary N) is 2. The third-order valence-corrected chi connectivity index (χ3v) is 3.92. The average molecular weight is 312 g/mol. The molecule has 0 radical (unpaired) electrons. The normalized spacial score (nSPS) is 18.1. The zero-order chi connectivity index (χ0) is 16.1. The van der Waals surface area contributed by atoms with Crippen LogP contribution in [0.1, 0.15) is 35.2 Å². The van der Waals surface area contributed by atoms with E-state index in [0.717, 1.165) is 18.4 Å². The number of hydrogen-bond acceptors (Lipinski definition) is 3. The lowest BCUT2D eigenvalue weighted by molar-refractivity contribution is -0.122. The molecule has 0 spiro atoms. The van der Waals surface area contributed by atoms with Gasteiger partial charge in [-0.3, -0.25) is 14.3 Å². The zero-order valence-electron chi connectivity index (χ0n) is 12.9. The summed E-state index contributed by atoms with van der Waals surface area (Å²) in [6.45, 7) is 1.29. The van der Waals surface area contributed by atoms with Crippen LogP contribution >= 0.6 is 0 Å². The van der Waals surface area contributed by atoms with Crippen molar-refractivity contribution in [2.24, 2.45) is 0 Å². The molecule has 1 aromatic heterocycles. The second-order valence-electron chi connectivity index (χ2n) is 5.73. The van der Waals surface area contributed by atoms with Crippen molar-refractivity contribution in [1.82, 2.24) is 20.4 Å². The average Bonchev–Trinajstić information content (AvgIpc) is 2.93. The van der Waals surface area contributed by atoms with E-state index < -0.39 is 6.04 Å². The first-order chi connectivity index (χ1) is 11.2. The molecule has 6 nitrogen and oxygen atoms in total. The lowest BCUT2D eigenvalue weighted by Gasteiger charge is -2.14. The van der Waals surface area contributed by atoms with E-state index >= 15 is 0 Å². The number of nitrogens with zero attached hydrogens (tertiary/aromatic N) is 2. The van der Waals surface area contributed by atoms with E-state index in [9.17, 15) is 9.59 Å². The maximum absolute atomic E-state index is 12.3. The Hall–Kier alpha value is -2.63. The van der Waals surface area contributed by atoms with Crippen LogP contribution in [0.4, 0.5) is 0 Å². The van der Waals surface area contributed by atoms with Crippen molar-refractivity contribution in [2.45, 2.75) is 31.8 Å². The standard InChI is InChI=1S/C17H20N4O2/c22-16(20-15-8-4-5-9-18-17(15)23)14-10-19-21(12-14)11-13-6-2-1-3-7-13/h1-3,6-7,10,12,15H,4-5,8-9,11H2,(H,18,23)(H,20,22)/t15-/m1/s1. The molecular weight excluding hydrogens is 292 g/mol. The van der Waals surface area contributed by atoms with Gasteiger partial charge in [0.15, 0.2) is 0 Å². The van der Waals surface area contributed by atoms with Crippen molar-refractivity contribution in [3.8, 4) is 0 Å². The van der Waals surface area contributed by atoms with Crippen LogP contribution in [0.25, 0.3) is 0 Å². The van der Waals surface area contributed by atoms with Gasteiger partial charge in [-0.2, -0.15) is 5.10 Å². The number of benzene rings is 1. The lowest BCUT2D eigenvalue weighted by Crippen LogP contribution is -2.45. The van der Waals surface area contributed by atoms with Crippen LogP contribution in [0.5, 0.6) is 0 Å². The predicted molar refractivity (Wildman–Crippen MR) is 85.9 cm³/mol. The fourth-order valence-corrected chi connectivity index (χ4v) is 2.66. The molecule has 0 bridgehead atoms. The fourth-order valence-electron chi connectivity index (χ4n) is 2.66. The van der Waals surface area contributed by atoms with Gasteiger partial charge in [-0.05, 0) is 24.8 Å². The Kier molecular flexibility index (Phi) is 4.71. The summed E-state index contributed by atoms with van der Waals surface area (Å²) in [4.78, 5) is 24.2. The highest BCUT2D eigenvalue weighted by atomic mass is 16.2. The van der Waals surface area contributed by atoms with E-state index in [4.69, 9.17) is 0 Å². The fraction of sp³-hybridized carbons (Fsp3) is 0.353. The molecule has 2 N–H and O–H groups in total. The van der Waals surface area contributed by atoms with Crippen LogP contribution < -0.4 is 10.6 Å². The van der Waals surface area contributed by atoms with Crippen molar-refractivity contribution < 1.29 is 9.59 Å². The van der Waals surface area contributed by atoms with Crippen LogP contribution in [-0.2, 0) is 11.3 Å². The summed E-state index contributed by atoms with van der Waals surface area (Å²) in [7, 11) is 0. The van der Waals surface area contributed by atoms with E-state index in [1.807, 2.05) is 30.3 Å². The molecule has 0 unspecified atom stereocenters. The molecule has 1 aliphatic rings. The topological polar surface area (TPSA) is 76.0 Å². The summed E-state index contributed by atoms with van der Waals surface area (Å²) in [5, 5.41) is 9.83. The van der Waals surface area contributed by atoms with E-state index in [-0.39, 0.29) is 11.8 Å². The van der Waals surface area contributed by atoms with Crippen LogP contribution in [-0.4, -0.2) is 34.2 Å². The maximum atomic E-state index is 12.3. The van der Waals surface area contributed by atoms with Crippen LogP contribution in [0.3, 0.4) is 0 Å². The number of rotatable bonds is 4. The van der Waals surface area contributed by atoms with Gasteiger partial charge >= 0.3 is 0 Å². The Balaban J connectivity index is 1.63. The second kappa shape index (κ2) is 7.09. The van der Waals surface area contributed by atoms with Crippen molar-refractivity contribution in [3.63, 3.8) is 0 Å². The molecule has 1 saturated heterocycles. The van der Waals surface area contributed by atoms with Gasteiger partial charge in [0.1, 0.15) is 6.04 Å². The Morgan fingerprint density at radius 3 is 2.96 bits per heavy atom. The molecular formula is C17H20N4O2. The summed E-state index contributed by atoms with van der Waals surface area (Å²) in [5.74, 6) is -0.362. The molecule has 3 rings (SSSR count). The van der Waals surface area contributed by atoms with Gasteiger partial charge in [-0.1, -0.05) is 30.3 Å². The molecule has 6 heteroatoms.